The smallest absolute Gasteiger partial charge is 0.191 e. The van der Waals surface area contributed by atoms with Gasteiger partial charge in [0.15, 0.2) is 5.96 Å². The molecule has 0 saturated carbocycles. The minimum atomic E-state index is 0.477. The van der Waals surface area contributed by atoms with Crippen molar-refractivity contribution in [3.05, 3.63) is 0 Å². The lowest BCUT2D eigenvalue weighted by Crippen LogP contribution is -2.44. The van der Waals surface area contributed by atoms with E-state index in [1.165, 1.54) is 19.3 Å². The molecular weight excluding hydrogens is 238 g/mol. The van der Waals surface area contributed by atoms with Gasteiger partial charge in [-0.05, 0) is 25.7 Å². The van der Waals surface area contributed by atoms with Crippen LogP contribution >= 0.6 is 0 Å². The van der Waals surface area contributed by atoms with E-state index in [0.29, 0.717) is 12.0 Å². The minimum absolute atomic E-state index is 0.477. The van der Waals surface area contributed by atoms with Gasteiger partial charge >= 0.3 is 0 Å². The highest BCUT2D eigenvalue weighted by molar-refractivity contribution is 5.79. The Morgan fingerprint density at radius 2 is 2.11 bits per heavy atom. The number of nitrogens with zero attached hydrogens (tertiary/aromatic N) is 1. The summed E-state index contributed by atoms with van der Waals surface area (Å²) in [6.07, 6.45) is 4.94. The van der Waals surface area contributed by atoms with E-state index < -0.39 is 0 Å². The summed E-state index contributed by atoms with van der Waals surface area (Å²) in [5.41, 5.74) is 0. The van der Waals surface area contributed by atoms with E-state index in [0.717, 1.165) is 38.1 Å². The molecule has 0 aromatic heterocycles. The predicted octanol–water partition coefficient (Wildman–Crippen LogP) is 2.40. The van der Waals surface area contributed by atoms with Gasteiger partial charge in [0.25, 0.3) is 0 Å². The van der Waals surface area contributed by atoms with Crippen molar-refractivity contribution in [3.63, 3.8) is 0 Å². The fraction of sp³-hybridized carbons (Fsp3) is 0.933. The van der Waals surface area contributed by atoms with Gasteiger partial charge < -0.3 is 15.4 Å². The Hall–Kier alpha value is -0.770. The molecule has 0 aliphatic carbocycles. The zero-order chi connectivity index (χ0) is 14.1. The highest BCUT2D eigenvalue weighted by Crippen LogP contribution is 2.10. The Balaban J connectivity index is 2.15. The zero-order valence-corrected chi connectivity index (χ0v) is 13.0. The molecular formula is C15H31N3O. The topological polar surface area (TPSA) is 45.7 Å². The van der Waals surface area contributed by atoms with Crippen LogP contribution in [0.1, 0.15) is 46.5 Å². The molecule has 1 rings (SSSR count). The lowest BCUT2D eigenvalue weighted by Gasteiger charge is -2.19. The van der Waals surface area contributed by atoms with Crippen molar-refractivity contribution < 1.29 is 4.74 Å². The third-order valence-corrected chi connectivity index (χ3v) is 3.61. The van der Waals surface area contributed by atoms with E-state index in [1.807, 2.05) is 7.05 Å². The van der Waals surface area contributed by atoms with Gasteiger partial charge in [0.2, 0.25) is 0 Å². The normalized spacial score (nSPS) is 21.7. The molecule has 2 unspecified atom stereocenters. The van der Waals surface area contributed by atoms with E-state index in [-0.39, 0.29) is 0 Å². The van der Waals surface area contributed by atoms with Gasteiger partial charge in [0.1, 0.15) is 0 Å². The van der Waals surface area contributed by atoms with Gasteiger partial charge in [0.05, 0.1) is 6.61 Å². The van der Waals surface area contributed by atoms with Crippen LogP contribution in [0.25, 0.3) is 0 Å². The number of hydrogen-bond donors (Lipinski definition) is 2. The van der Waals surface area contributed by atoms with E-state index in [9.17, 15) is 0 Å². The second-order valence-corrected chi connectivity index (χ2v) is 6.05. The first-order valence-corrected chi connectivity index (χ1v) is 7.66. The first-order valence-electron chi connectivity index (χ1n) is 7.66. The van der Waals surface area contributed by atoms with Crippen LogP contribution in [0.4, 0.5) is 0 Å². The highest BCUT2D eigenvalue weighted by atomic mass is 16.5. The van der Waals surface area contributed by atoms with Crippen LogP contribution in [0.3, 0.4) is 0 Å². The lowest BCUT2D eigenvalue weighted by molar-refractivity contribution is 0.186. The predicted molar refractivity (Wildman–Crippen MR) is 81.6 cm³/mol. The van der Waals surface area contributed by atoms with Crippen LogP contribution < -0.4 is 10.6 Å². The summed E-state index contributed by atoms with van der Waals surface area (Å²) < 4.78 is 5.38. The van der Waals surface area contributed by atoms with E-state index in [4.69, 9.17) is 4.74 Å². The third-order valence-electron chi connectivity index (χ3n) is 3.61. The summed E-state index contributed by atoms with van der Waals surface area (Å²) >= 11 is 0. The molecule has 0 radical (unpaired) electrons. The molecule has 0 aromatic rings. The average Bonchev–Trinajstić information content (AvgIpc) is 2.87. The van der Waals surface area contributed by atoms with Crippen molar-refractivity contribution in [3.8, 4) is 0 Å². The van der Waals surface area contributed by atoms with E-state index >= 15 is 0 Å². The number of aliphatic imine (C=N–C) groups is 1. The van der Waals surface area contributed by atoms with Crippen molar-refractivity contribution >= 4 is 5.96 Å². The molecule has 112 valence electrons. The molecule has 1 heterocycles. The van der Waals surface area contributed by atoms with Gasteiger partial charge in [-0.15, -0.1) is 0 Å². The Kier molecular flexibility index (Phi) is 7.87. The second kappa shape index (κ2) is 9.18. The monoisotopic (exact) mass is 269 g/mol. The lowest BCUT2D eigenvalue weighted by atomic mass is 10.0. The molecule has 2 atom stereocenters. The molecule has 1 saturated heterocycles. The first kappa shape index (κ1) is 16.3. The summed E-state index contributed by atoms with van der Waals surface area (Å²) in [6, 6.07) is 0.477. The number of rotatable bonds is 7. The Morgan fingerprint density at radius 3 is 2.68 bits per heavy atom. The van der Waals surface area contributed by atoms with Crippen LogP contribution in [0, 0.1) is 11.8 Å². The number of hydrogen-bond acceptors (Lipinski definition) is 2. The van der Waals surface area contributed by atoms with Crippen molar-refractivity contribution in [2.75, 3.05) is 26.8 Å². The van der Waals surface area contributed by atoms with Crippen molar-refractivity contribution in [1.29, 1.82) is 0 Å². The number of nitrogens with one attached hydrogen (secondary N) is 2. The van der Waals surface area contributed by atoms with Gasteiger partial charge in [-0.25, -0.2) is 0 Å². The average molecular weight is 269 g/mol. The number of guanidine groups is 1. The Morgan fingerprint density at radius 1 is 1.32 bits per heavy atom. The van der Waals surface area contributed by atoms with Gasteiger partial charge in [0, 0.05) is 32.2 Å². The summed E-state index contributed by atoms with van der Waals surface area (Å²) in [4.78, 5) is 4.29. The molecule has 4 nitrogen and oxygen atoms in total. The largest absolute Gasteiger partial charge is 0.381 e. The van der Waals surface area contributed by atoms with Crippen LogP contribution in [0.5, 0.6) is 0 Å². The van der Waals surface area contributed by atoms with Gasteiger partial charge in [-0.3, -0.25) is 4.99 Å². The molecule has 1 fully saturated rings. The van der Waals surface area contributed by atoms with Crippen LogP contribution in [-0.2, 0) is 4.74 Å². The van der Waals surface area contributed by atoms with E-state index in [2.05, 4.69) is 36.4 Å². The second-order valence-electron chi connectivity index (χ2n) is 6.05. The summed E-state index contributed by atoms with van der Waals surface area (Å²) in [7, 11) is 1.83. The fourth-order valence-corrected chi connectivity index (χ4v) is 2.32. The highest BCUT2D eigenvalue weighted by Gasteiger charge is 2.16. The first-order chi connectivity index (χ1) is 9.11. The van der Waals surface area contributed by atoms with Crippen LogP contribution in [-0.4, -0.2) is 38.8 Å². The van der Waals surface area contributed by atoms with Crippen LogP contribution in [0.2, 0.25) is 0 Å². The zero-order valence-electron chi connectivity index (χ0n) is 13.0. The molecule has 0 spiro atoms. The maximum absolute atomic E-state index is 5.38. The summed E-state index contributed by atoms with van der Waals surface area (Å²) in [5, 5.41) is 6.86. The third kappa shape index (κ3) is 7.41. The van der Waals surface area contributed by atoms with Crippen LogP contribution in [0.15, 0.2) is 4.99 Å². The molecule has 0 amide bonds. The van der Waals surface area contributed by atoms with Crippen molar-refractivity contribution in [1.82, 2.24) is 10.6 Å². The molecule has 1 aliphatic heterocycles. The molecule has 0 bridgehead atoms. The fourth-order valence-electron chi connectivity index (χ4n) is 2.32. The maximum Gasteiger partial charge on any atom is 0.191 e. The standard InChI is InChI=1S/C15H31N3O/c1-12(2)6-5-7-13(3)18-15(16-4)17-10-14-8-9-19-11-14/h12-14H,5-11H2,1-4H3,(H2,16,17,18). The van der Waals surface area contributed by atoms with Gasteiger partial charge in [-0.1, -0.05) is 26.7 Å². The molecule has 19 heavy (non-hydrogen) atoms. The van der Waals surface area contributed by atoms with Crippen molar-refractivity contribution in [2.24, 2.45) is 16.8 Å². The minimum Gasteiger partial charge on any atom is -0.381 e. The molecule has 0 aromatic carbocycles. The van der Waals surface area contributed by atoms with Crippen molar-refractivity contribution in [2.45, 2.75) is 52.5 Å². The summed E-state index contributed by atoms with van der Waals surface area (Å²) in [6.45, 7) is 9.53. The molecule has 2 N–H and O–H groups in total. The number of ether oxygens (including phenoxy) is 1. The Labute approximate surface area is 118 Å². The summed E-state index contributed by atoms with van der Waals surface area (Å²) in [5.74, 6) is 2.35. The van der Waals surface area contributed by atoms with Gasteiger partial charge in [-0.2, -0.15) is 0 Å². The maximum atomic E-state index is 5.38. The Bertz CT molecular complexity index is 260. The molecule has 4 heteroatoms. The molecule has 1 aliphatic rings. The quantitative estimate of drug-likeness (QED) is 0.551. The van der Waals surface area contributed by atoms with E-state index in [1.54, 1.807) is 0 Å². The SMILES string of the molecule is CN=C(NCC1CCOC1)NC(C)CCCC(C)C.